The lowest BCUT2D eigenvalue weighted by Gasteiger charge is -2.17. The first kappa shape index (κ1) is 15.1. The number of carbonyl (C=O) groups is 2. The molecule has 0 aliphatic rings. The lowest BCUT2D eigenvalue weighted by Crippen LogP contribution is -2.32. The maximum Gasteiger partial charge on any atom is 0.335 e. The first-order valence-corrected chi connectivity index (χ1v) is 7.32. The monoisotopic (exact) mass is 304 g/mol. The standard InChI is InChI=1S/C15H16N2O3S/c1-17(8-7-13-6-3-9-21-13)15(20)16-12-5-2-4-11(10-12)14(18)19/h2-6,9-10H,7-8H2,1H3,(H,16,20)(H,18,19). The average molecular weight is 304 g/mol. The number of nitrogens with zero attached hydrogens (tertiary/aromatic N) is 1. The number of rotatable bonds is 5. The molecule has 1 aromatic carbocycles. The van der Waals surface area contributed by atoms with Crippen LogP contribution in [-0.4, -0.2) is 35.6 Å². The average Bonchev–Trinajstić information content (AvgIpc) is 2.98. The minimum atomic E-state index is -1.02. The SMILES string of the molecule is CN(CCc1cccs1)C(=O)Nc1cccc(C(=O)O)c1. The normalized spacial score (nSPS) is 10.1. The predicted octanol–water partition coefficient (Wildman–Crippen LogP) is 3.15. The van der Waals surface area contributed by atoms with Gasteiger partial charge in [-0.2, -0.15) is 0 Å². The van der Waals surface area contributed by atoms with Gasteiger partial charge in [0.15, 0.2) is 0 Å². The molecule has 21 heavy (non-hydrogen) atoms. The van der Waals surface area contributed by atoms with Crippen molar-refractivity contribution in [3.8, 4) is 0 Å². The van der Waals surface area contributed by atoms with Crippen molar-refractivity contribution in [2.45, 2.75) is 6.42 Å². The van der Waals surface area contributed by atoms with E-state index in [4.69, 9.17) is 5.11 Å². The lowest BCUT2D eigenvalue weighted by atomic mass is 10.2. The van der Waals surface area contributed by atoms with E-state index in [1.807, 2.05) is 17.5 Å². The number of carboxylic acids is 1. The summed E-state index contributed by atoms with van der Waals surface area (Å²) < 4.78 is 0. The van der Waals surface area contributed by atoms with Crippen molar-refractivity contribution in [3.63, 3.8) is 0 Å². The molecule has 2 aromatic rings. The van der Waals surface area contributed by atoms with Crippen molar-refractivity contribution in [2.75, 3.05) is 18.9 Å². The summed E-state index contributed by atoms with van der Waals surface area (Å²) in [6.07, 6.45) is 0.802. The van der Waals surface area contributed by atoms with Crippen LogP contribution in [0.15, 0.2) is 41.8 Å². The van der Waals surface area contributed by atoms with Crippen LogP contribution in [0, 0.1) is 0 Å². The van der Waals surface area contributed by atoms with E-state index in [0.717, 1.165) is 6.42 Å². The molecule has 2 amide bonds. The fourth-order valence-corrected chi connectivity index (χ4v) is 2.48. The highest BCUT2D eigenvalue weighted by Crippen LogP contribution is 2.12. The summed E-state index contributed by atoms with van der Waals surface area (Å²) in [4.78, 5) is 25.7. The minimum absolute atomic E-state index is 0.147. The molecule has 2 N–H and O–H groups in total. The number of benzene rings is 1. The molecule has 0 fully saturated rings. The molecule has 0 spiro atoms. The van der Waals surface area contributed by atoms with Crippen LogP contribution in [0.5, 0.6) is 0 Å². The molecule has 0 bridgehead atoms. The van der Waals surface area contributed by atoms with Crippen LogP contribution in [0.3, 0.4) is 0 Å². The minimum Gasteiger partial charge on any atom is -0.478 e. The Hall–Kier alpha value is -2.34. The van der Waals surface area contributed by atoms with Crippen LogP contribution in [0.1, 0.15) is 15.2 Å². The maximum absolute atomic E-state index is 12.0. The number of carbonyl (C=O) groups excluding carboxylic acids is 1. The highest BCUT2D eigenvalue weighted by atomic mass is 32.1. The number of anilines is 1. The first-order chi connectivity index (χ1) is 10.1. The Morgan fingerprint density at radius 3 is 2.76 bits per heavy atom. The maximum atomic E-state index is 12.0. The Balaban J connectivity index is 1.91. The number of hydrogen-bond donors (Lipinski definition) is 2. The third kappa shape index (κ3) is 4.32. The highest BCUT2D eigenvalue weighted by molar-refractivity contribution is 7.09. The topological polar surface area (TPSA) is 69.6 Å². The summed E-state index contributed by atoms with van der Waals surface area (Å²) in [5, 5.41) is 13.6. The molecule has 2 rings (SSSR count). The Labute approximate surface area is 126 Å². The number of aromatic carboxylic acids is 1. The molecule has 0 atom stereocenters. The Morgan fingerprint density at radius 1 is 1.29 bits per heavy atom. The van der Waals surface area contributed by atoms with Crippen LogP contribution < -0.4 is 5.32 Å². The molecule has 1 heterocycles. The van der Waals surface area contributed by atoms with Crippen LogP contribution in [-0.2, 0) is 6.42 Å². The summed E-state index contributed by atoms with van der Waals surface area (Å²) in [6, 6.07) is 9.95. The zero-order valence-electron chi connectivity index (χ0n) is 11.6. The molecule has 0 aliphatic carbocycles. The largest absolute Gasteiger partial charge is 0.478 e. The number of carboxylic acid groups (broad SMARTS) is 1. The number of amides is 2. The van der Waals surface area contributed by atoms with Gasteiger partial charge in [0.1, 0.15) is 0 Å². The van der Waals surface area contributed by atoms with Crippen molar-refractivity contribution < 1.29 is 14.7 Å². The van der Waals surface area contributed by atoms with Gasteiger partial charge in [0, 0.05) is 24.2 Å². The molecule has 0 aliphatic heterocycles. The molecule has 0 saturated carbocycles. The van der Waals surface area contributed by atoms with E-state index in [1.165, 1.54) is 17.0 Å². The van der Waals surface area contributed by atoms with Gasteiger partial charge in [-0.1, -0.05) is 12.1 Å². The smallest absolute Gasteiger partial charge is 0.335 e. The third-order valence-electron chi connectivity index (χ3n) is 2.98. The van der Waals surface area contributed by atoms with Crippen LogP contribution in [0.4, 0.5) is 10.5 Å². The van der Waals surface area contributed by atoms with Crippen molar-refractivity contribution in [1.29, 1.82) is 0 Å². The zero-order valence-corrected chi connectivity index (χ0v) is 12.4. The van der Waals surface area contributed by atoms with E-state index < -0.39 is 5.97 Å². The van der Waals surface area contributed by atoms with Crippen molar-refractivity contribution in [2.24, 2.45) is 0 Å². The Kier molecular flexibility index (Phi) is 4.94. The number of urea groups is 1. The molecule has 5 nitrogen and oxygen atoms in total. The summed E-state index contributed by atoms with van der Waals surface area (Å²) in [6.45, 7) is 0.602. The van der Waals surface area contributed by atoms with E-state index in [2.05, 4.69) is 5.32 Å². The van der Waals surface area contributed by atoms with Gasteiger partial charge in [-0.15, -0.1) is 11.3 Å². The molecule has 0 radical (unpaired) electrons. The van der Waals surface area contributed by atoms with Crippen molar-refractivity contribution in [3.05, 3.63) is 52.2 Å². The van der Waals surface area contributed by atoms with Crippen molar-refractivity contribution in [1.82, 2.24) is 4.90 Å². The quantitative estimate of drug-likeness (QED) is 0.891. The summed E-state index contributed by atoms with van der Waals surface area (Å²) in [7, 11) is 1.71. The molecule has 0 saturated heterocycles. The van der Waals surface area contributed by atoms with Gasteiger partial charge in [0.25, 0.3) is 0 Å². The zero-order chi connectivity index (χ0) is 15.2. The first-order valence-electron chi connectivity index (χ1n) is 6.44. The van der Waals surface area contributed by atoms with Crippen molar-refractivity contribution >= 4 is 29.0 Å². The van der Waals surface area contributed by atoms with E-state index in [0.29, 0.717) is 12.2 Å². The van der Waals surface area contributed by atoms with Gasteiger partial charge in [-0.3, -0.25) is 0 Å². The summed E-state index contributed by atoms with van der Waals surface area (Å²) >= 11 is 1.66. The predicted molar refractivity (Wildman–Crippen MR) is 83.1 cm³/mol. The van der Waals surface area contributed by atoms with Gasteiger partial charge in [0.2, 0.25) is 0 Å². The summed E-state index contributed by atoms with van der Waals surface area (Å²) in [5.74, 6) is -1.02. The number of nitrogens with one attached hydrogen (secondary N) is 1. The Morgan fingerprint density at radius 2 is 2.10 bits per heavy atom. The second-order valence-electron chi connectivity index (χ2n) is 4.57. The summed E-state index contributed by atoms with van der Waals surface area (Å²) in [5.41, 5.74) is 0.622. The van der Waals surface area contributed by atoms with Crippen LogP contribution in [0.25, 0.3) is 0 Å². The van der Waals surface area contributed by atoms with E-state index in [9.17, 15) is 9.59 Å². The van der Waals surface area contributed by atoms with Gasteiger partial charge in [-0.05, 0) is 36.1 Å². The fourth-order valence-electron chi connectivity index (χ4n) is 1.78. The molecule has 0 unspecified atom stereocenters. The molecular weight excluding hydrogens is 288 g/mol. The lowest BCUT2D eigenvalue weighted by molar-refractivity contribution is 0.0697. The second-order valence-corrected chi connectivity index (χ2v) is 5.60. The molecule has 1 aromatic heterocycles. The van der Waals surface area contributed by atoms with E-state index in [1.54, 1.807) is 35.4 Å². The van der Waals surface area contributed by atoms with Crippen LogP contribution >= 0.6 is 11.3 Å². The molecular formula is C15H16N2O3S. The fraction of sp³-hybridized carbons (Fsp3) is 0.200. The van der Waals surface area contributed by atoms with Gasteiger partial charge >= 0.3 is 12.0 Å². The van der Waals surface area contributed by atoms with Gasteiger partial charge < -0.3 is 15.3 Å². The number of thiophene rings is 1. The van der Waals surface area contributed by atoms with Gasteiger partial charge in [0.05, 0.1) is 5.56 Å². The number of likely N-dealkylation sites (N-methyl/N-ethyl adjacent to an activating group) is 1. The Bertz CT molecular complexity index is 626. The van der Waals surface area contributed by atoms with E-state index >= 15 is 0 Å². The van der Waals surface area contributed by atoms with E-state index in [-0.39, 0.29) is 11.6 Å². The van der Waals surface area contributed by atoms with Crippen LogP contribution in [0.2, 0.25) is 0 Å². The van der Waals surface area contributed by atoms with Gasteiger partial charge in [-0.25, -0.2) is 9.59 Å². The number of hydrogen-bond acceptors (Lipinski definition) is 3. The highest BCUT2D eigenvalue weighted by Gasteiger charge is 2.10. The third-order valence-corrected chi connectivity index (χ3v) is 3.92. The molecule has 110 valence electrons. The molecule has 6 heteroatoms. The second kappa shape index (κ2) is 6.90.